The van der Waals surface area contributed by atoms with Crippen molar-refractivity contribution in [1.29, 1.82) is 0 Å². The van der Waals surface area contributed by atoms with Gasteiger partial charge in [0.2, 0.25) is 10.0 Å². The zero-order chi connectivity index (χ0) is 15.6. The number of rotatable bonds is 4. The van der Waals surface area contributed by atoms with Crippen molar-refractivity contribution < 1.29 is 12.8 Å². The maximum atomic E-state index is 13.8. The second-order valence-corrected chi connectivity index (χ2v) is 7.44. The second kappa shape index (κ2) is 6.39. The lowest BCUT2D eigenvalue weighted by Crippen LogP contribution is -2.44. The number of sulfonamides is 1. The van der Waals surface area contributed by atoms with Crippen molar-refractivity contribution in [3.8, 4) is 0 Å². The maximum Gasteiger partial charge on any atom is 0.243 e. The third kappa shape index (κ3) is 3.26. The molecule has 1 fully saturated rings. The molecule has 1 aromatic rings. The molecule has 0 aliphatic carbocycles. The molecule has 0 radical (unpaired) electrons. The Morgan fingerprint density at radius 3 is 2.57 bits per heavy atom. The lowest BCUT2D eigenvalue weighted by Gasteiger charge is -2.34. The molecule has 0 saturated carbocycles. The van der Waals surface area contributed by atoms with E-state index in [2.05, 4.69) is 4.90 Å². The first-order valence-electron chi connectivity index (χ1n) is 7.02. The van der Waals surface area contributed by atoms with Gasteiger partial charge >= 0.3 is 0 Å². The Labute approximate surface area is 125 Å². The van der Waals surface area contributed by atoms with Crippen LogP contribution in [0.3, 0.4) is 0 Å². The van der Waals surface area contributed by atoms with Gasteiger partial charge in [0.1, 0.15) is 5.82 Å². The summed E-state index contributed by atoms with van der Waals surface area (Å²) in [7, 11) is -0.143. The van der Waals surface area contributed by atoms with Gasteiger partial charge in [0, 0.05) is 25.2 Å². The molecular formula is C14H22FN3O2S. The normalized spacial score (nSPS) is 18.3. The molecule has 0 bridgehead atoms. The number of hydrogen-bond donors (Lipinski definition) is 1. The highest BCUT2D eigenvalue weighted by atomic mass is 32.2. The summed E-state index contributed by atoms with van der Waals surface area (Å²) in [4.78, 5) is 2.15. The number of halogens is 1. The third-order valence-electron chi connectivity index (χ3n) is 4.14. The van der Waals surface area contributed by atoms with E-state index < -0.39 is 15.8 Å². The van der Waals surface area contributed by atoms with Gasteiger partial charge in [0.05, 0.1) is 4.90 Å². The van der Waals surface area contributed by atoms with Crippen LogP contribution in [0.5, 0.6) is 0 Å². The van der Waals surface area contributed by atoms with Gasteiger partial charge in [-0.05, 0) is 45.1 Å². The molecule has 0 aromatic heterocycles. The first-order valence-corrected chi connectivity index (χ1v) is 8.46. The average molecular weight is 315 g/mol. The molecule has 118 valence electrons. The fraction of sp³-hybridized carbons (Fsp3) is 0.571. The van der Waals surface area contributed by atoms with E-state index >= 15 is 0 Å². The highest BCUT2D eigenvalue weighted by Crippen LogP contribution is 2.25. The van der Waals surface area contributed by atoms with Crippen LogP contribution in [0.4, 0.5) is 4.39 Å². The van der Waals surface area contributed by atoms with E-state index in [1.165, 1.54) is 22.5 Å². The summed E-state index contributed by atoms with van der Waals surface area (Å²) in [5.41, 5.74) is 5.57. The maximum absolute atomic E-state index is 13.8. The molecule has 0 unspecified atom stereocenters. The molecule has 0 atom stereocenters. The second-order valence-electron chi connectivity index (χ2n) is 5.48. The van der Waals surface area contributed by atoms with Crippen LogP contribution in [0.2, 0.25) is 0 Å². The van der Waals surface area contributed by atoms with Crippen LogP contribution in [-0.2, 0) is 16.6 Å². The predicted octanol–water partition coefficient (Wildman–Crippen LogP) is 0.999. The van der Waals surface area contributed by atoms with Gasteiger partial charge < -0.3 is 10.6 Å². The Hall–Kier alpha value is -1.02. The minimum Gasteiger partial charge on any atom is -0.326 e. The number of hydrogen-bond acceptors (Lipinski definition) is 4. The van der Waals surface area contributed by atoms with E-state index in [0.717, 1.165) is 25.9 Å². The van der Waals surface area contributed by atoms with E-state index in [1.54, 1.807) is 7.05 Å². The van der Waals surface area contributed by atoms with E-state index in [0.29, 0.717) is 0 Å². The zero-order valence-corrected chi connectivity index (χ0v) is 13.2. The van der Waals surface area contributed by atoms with Crippen LogP contribution >= 0.6 is 0 Å². The molecule has 21 heavy (non-hydrogen) atoms. The molecule has 1 aromatic carbocycles. The summed E-state index contributed by atoms with van der Waals surface area (Å²) in [5.74, 6) is -0.574. The summed E-state index contributed by atoms with van der Waals surface area (Å²) >= 11 is 0. The summed E-state index contributed by atoms with van der Waals surface area (Å²) < 4.78 is 40.6. The van der Waals surface area contributed by atoms with Gasteiger partial charge in [0.15, 0.2) is 0 Å². The highest BCUT2D eigenvalue weighted by molar-refractivity contribution is 7.89. The summed E-state index contributed by atoms with van der Waals surface area (Å²) in [6.45, 7) is 1.58. The van der Waals surface area contributed by atoms with Crippen LogP contribution < -0.4 is 5.73 Å². The van der Waals surface area contributed by atoms with Crippen molar-refractivity contribution >= 4 is 10.0 Å². The highest BCUT2D eigenvalue weighted by Gasteiger charge is 2.32. The standard InChI is InChI=1S/C14H22FN3O2S/c1-17-8-6-11(7-9-17)18(2)21(19,20)14-5-3-4-13(15)12(14)10-16/h3-5,11H,6-10,16H2,1-2H3. The number of nitrogens with zero attached hydrogens (tertiary/aromatic N) is 2. The Bertz CT molecular complexity index is 598. The molecule has 1 aliphatic rings. The minimum atomic E-state index is -3.73. The van der Waals surface area contributed by atoms with Gasteiger partial charge in [-0.3, -0.25) is 0 Å². The van der Waals surface area contributed by atoms with Crippen molar-refractivity contribution in [3.05, 3.63) is 29.6 Å². The van der Waals surface area contributed by atoms with Crippen LogP contribution in [0.25, 0.3) is 0 Å². The van der Waals surface area contributed by atoms with E-state index in [1.807, 2.05) is 7.05 Å². The fourth-order valence-electron chi connectivity index (χ4n) is 2.69. The van der Waals surface area contributed by atoms with Crippen molar-refractivity contribution in [1.82, 2.24) is 9.21 Å². The lowest BCUT2D eigenvalue weighted by atomic mass is 10.1. The quantitative estimate of drug-likeness (QED) is 0.900. The van der Waals surface area contributed by atoms with Crippen molar-refractivity contribution in [2.45, 2.75) is 30.3 Å². The van der Waals surface area contributed by atoms with Crippen LogP contribution in [0, 0.1) is 5.82 Å². The minimum absolute atomic E-state index is 0.0218. The van der Waals surface area contributed by atoms with E-state index in [-0.39, 0.29) is 23.0 Å². The summed E-state index contributed by atoms with van der Waals surface area (Å²) in [5, 5.41) is 0. The third-order valence-corrected chi connectivity index (χ3v) is 6.13. The van der Waals surface area contributed by atoms with Gasteiger partial charge in [-0.25, -0.2) is 12.8 Å². The first kappa shape index (κ1) is 16.4. The van der Waals surface area contributed by atoms with Gasteiger partial charge in [-0.1, -0.05) is 6.07 Å². The number of nitrogens with two attached hydrogens (primary N) is 1. The fourth-order valence-corrected chi connectivity index (χ4v) is 4.34. The van der Waals surface area contributed by atoms with Crippen molar-refractivity contribution in [2.75, 3.05) is 27.2 Å². The van der Waals surface area contributed by atoms with Gasteiger partial charge in [0.25, 0.3) is 0 Å². The largest absolute Gasteiger partial charge is 0.326 e. The molecule has 5 nitrogen and oxygen atoms in total. The monoisotopic (exact) mass is 315 g/mol. The van der Waals surface area contributed by atoms with E-state index in [4.69, 9.17) is 5.73 Å². The Kier molecular flexibility index (Phi) is 4.98. The Morgan fingerprint density at radius 1 is 1.38 bits per heavy atom. The van der Waals surface area contributed by atoms with Gasteiger partial charge in [-0.15, -0.1) is 0 Å². The molecule has 1 heterocycles. The van der Waals surface area contributed by atoms with Gasteiger partial charge in [-0.2, -0.15) is 4.31 Å². The van der Waals surface area contributed by atoms with Crippen LogP contribution in [-0.4, -0.2) is 50.8 Å². The molecule has 7 heteroatoms. The molecule has 0 spiro atoms. The van der Waals surface area contributed by atoms with Crippen LogP contribution in [0.15, 0.2) is 23.1 Å². The average Bonchev–Trinajstić information content (AvgIpc) is 2.47. The Balaban J connectivity index is 2.31. The Morgan fingerprint density at radius 2 is 2.00 bits per heavy atom. The van der Waals surface area contributed by atoms with Crippen LogP contribution in [0.1, 0.15) is 18.4 Å². The predicted molar refractivity (Wildman–Crippen MR) is 79.8 cm³/mol. The molecule has 1 saturated heterocycles. The molecule has 2 rings (SSSR count). The molecule has 2 N–H and O–H groups in total. The first-order chi connectivity index (χ1) is 9.87. The topological polar surface area (TPSA) is 66.6 Å². The number of benzene rings is 1. The zero-order valence-electron chi connectivity index (χ0n) is 12.4. The lowest BCUT2D eigenvalue weighted by molar-refractivity contribution is 0.197. The molecular weight excluding hydrogens is 293 g/mol. The smallest absolute Gasteiger partial charge is 0.243 e. The molecule has 0 amide bonds. The summed E-state index contributed by atoms with van der Waals surface area (Å²) in [6.07, 6.45) is 1.55. The van der Waals surface area contributed by atoms with E-state index in [9.17, 15) is 12.8 Å². The number of likely N-dealkylation sites (tertiary alicyclic amines) is 1. The number of piperidine rings is 1. The summed E-state index contributed by atoms with van der Waals surface area (Å²) in [6, 6.07) is 4.01. The molecule has 1 aliphatic heterocycles. The SMILES string of the molecule is CN1CCC(N(C)S(=O)(=O)c2cccc(F)c2CN)CC1. The van der Waals surface area contributed by atoms with Crippen molar-refractivity contribution in [3.63, 3.8) is 0 Å². The van der Waals surface area contributed by atoms with Crippen molar-refractivity contribution in [2.24, 2.45) is 5.73 Å².